The van der Waals surface area contributed by atoms with Crippen LogP contribution in [0, 0.1) is 0 Å². The first-order valence-electron chi connectivity index (χ1n) is 8.76. The molecular formula is C20H21F3N2O2. The maximum Gasteiger partial charge on any atom is 0.416 e. The van der Waals surface area contributed by atoms with Crippen molar-refractivity contribution in [1.29, 1.82) is 0 Å². The SMILES string of the molecule is O=C(NCc1ccccc1CN1CCOCC1)c1cccc(C(F)(F)F)c1. The third-order valence-electron chi connectivity index (χ3n) is 4.51. The fourth-order valence-corrected chi connectivity index (χ4v) is 3.00. The van der Waals surface area contributed by atoms with E-state index < -0.39 is 17.6 Å². The van der Waals surface area contributed by atoms with Crippen LogP contribution in [0.2, 0.25) is 0 Å². The third kappa shape index (κ3) is 5.30. The molecule has 0 bridgehead atoms. The van der Waals surface area contributed by atoms with Gasteiger partial charge in [0.25, 0.3) is 5.91 Å². The van der Waals surface area contributed by atoms with Crippen LogP contribution in [0.5, 0.6) is 0 Å². The zero-order valence-electron chi connectivity index (χ0n) is 14.8. The summed E-state index contributed by atoms with van der Waals surface area (Å²) in [6.45, 7) is 4.12. The summed E-state index contributed by atoms with van der Waals surface area (Å²) >= 11 is 0. The van der Waals surface area contributed by atoms with Gasteiger partial charge in [0.05, 0.1) is 18.8 Å². The zero-order valence-corrected chi connectivity index (χ0v) is 14.8. The highest BCUT2D eigenvalue weighted by Gasteiger charge is 2.30. The molecule has 0 aliphatic carbocycles. The number of nitrogens with zero attached hydrogens (tertiary/aromatic N) is 1. The number of hydrogen-bond acceptors (Lipinski definition) is 3. The smallest absolute Gasteiger partial charge is 0.379 e. The molecule has 3 rings (SSSR count). The van der Waals surface area contributed by atoms with Gasteiger partial charge in [-0.05, 0) is 29.3 Å². The number of amides is 1. The van der Waals surface area contributed by atoms with Gasteiger partial charge in [-0.25, -0.2) is 0 Å². The Labute approximate surface area is 155 Å². The second kappa shape index (κ2) is 8.54. The lowest BCUT2D eigenvalue weighted by molar-refractivity contribution is -0.137. The van der Waals surface area contributed by atoms with E-state index in [1.165, 1.54) is 12.1 Å². The molecule has 1 saturated heterocycles. The van der Waals surface area contributed by atoms with Gasteiger partial charge in [-0.3, -0.25) is 9.69 Å². The molecule has 1 aliphatic rings. The van der Waals surface area contributed by atoms with E-state index in [4.69, 9.17) is 4.74 Å². The normalized spacial score (nSPS) is 15.5. The number of alkyl halides is 3. The van der Waals surface area contributed by atoms with Crippen LogP contribution in [-0.4, -0.2) is 37.1 Å². The number of hydrogen-bond donors (Lipinski definition) is 1. The summed E-state index contributed by atoms with van der Waals surface area (Å²) < 4.78 is 43.8. The molecule has 0 unspecified atom stereocenters. The van der Waals surface area contributed by atoms with Crippen molar-refractivity contribution in [2.24, 2.45) is 0 Å². The standard InChI is InChI=1S/C20H21F3N2O2/c21-20(22,23)18-7-3-6-15(12-18)19(26)24-13-16-4-1-2-5-17(16)14-25-8-10-27-11-9-25/h1-7,12H,8-11,13-14H2,(H,24,26). The van der Waals surface area contributed by atoms with E-state index in [0.29, 0.717) is 13.2 Å². The summed E-state index contributed by atoms with van der Waals surface area (Å²) in [4.78, 5) is 14.6. The Balaban J connectivity index is 1.65. The van der Waals surface area contributed by atoms with E-state index in [-0.39, 0.29) is 12.1 Å². The Kier molecular flexibility index (Phi) is 6.13. The summed E-state index contributed by atoms with van der Waals surface area (Å²) in [6.07, 6.45) is -4.47. The van der Waals surface area contributed by atoms with Crippen LogP contribution in [0.15, 0.2) is 48.5 Å². The highest BCUT2D eigenvalue weighted by Crippen LogP contribution is 2.29. The molecule has 1 fully saturated rings. The molecule has 2 aromatic rings. The van der Waals surface area contributed by atoms with E-state index in [9.17, 15) is 18.0 Å². The molecule has 1 heterocycles. The Hall–Kier alpha value is -2.38. The topological polar surface area (TPSA) is 41.6 Å². The van der Waals surface area contributed by atoms with Gasteiger partial charge in [0.15, 0.2) is 0 Å². The van der Waals surface area contributed by atoms with Crippen molar-refractivity contribution < 1.29 is 22.7 Å². The van der Waals surface area contributed by atoms with Gasteiger partial charge in [0, 0.05) is 31.7 Å². The average molecular weight is 378 g/mol. The van der Waals surface area contributed by atoms with Crippen LogP contribution >= 0.6 is 0 Å². The minimum Gasteiger partial charge on any atom is -0.379 e. The van der Waals surface area contributed by atoms with Gasteiger partial charge in [-0.15, -0.1) is 0 Å². The Morgan fingerprint density at radius 1 is 1.04 bits per heavy atom. The molecule has 0 saturated carbocycles. The summed E-state index contributed by atoms with van der Waals surface area (Å²) in [6, 6.07) is 12.2. The summed E-state index contributed by atoms with van der Waals surface area (Å²) in [5.74, 6) is -0.526. The van der Waals surface area contributed by atoms with E-state index in [2.05, 4.69) is 10.2 Å². The van der Waals surface area contributed by atoms with Crippen LogP contribution in [0.25, 0.3) is 0 Å². The second-order valence-electron chi connectivity index (χ2n) is 6.42. The predicted molar refractivity (Wildman–Crippen MR) is 95.2 cm³/mol. The van der Waals surface area contributed by atoms with Gasteiger partial charge in [-0.2, -0.15) is 13.2 Å². The maximum atomic E-state index is 12.8. The van der Waals surface area contributed by atoms with Gasteiger partial charge in [-0.1, -0.05) is 30.3 Å². The fourth-order valence-electron chi connectivity index (χ4n) is 3.00. The summed E-state index contributed by atoms with van der Waals surface area (Å²) in [5, 5.41) is 2.72. The molecule has 4 nitrogen and oxygen atoms in total. The van der Waals surface area contributed by atoms with Gasteiger partial charge in [0.2, 0.25) is 0 Å². The molecule has 2 aromatic carbocycles. The van der Waals surface area contributed by atoms with Gasteiger partial charge >= 0.3 is 6.18 Å². The number of rotatable bonds is 5. The lowest BCUT2D eigenvalue weighted by Crippen LogP contribution is -2.36. The lowest BCUT2D eigenvalue weighted by Gasteiger charge is -2.27. The quantitative estimate of drug-likeness (QED) is 0.866. The minimum atomic E-state index is -4.47. The zero-order chi connectivity index (χ0) is 19.3. The molecule has 144 valence electrons. The number of nitrogens with one attached hydrogen (secondary N) is 1. The van der Waals surface area contributed by atoms with Crippen LogP contribution < -0.4 is 5.32 Å². The summed E-state index contributed by atoms with van der Waals surface area (Å²) in [5.41, 5.74) is 1.20. The van der Waals surface area contributed by atoms with Crippen LogP contribution in [-0.2, 0) is 24.0 Å². The lowest BCUT2D eigenvalue weighted by atomic mass is 10.1. The van der Waals surface area contributed by atoms with Crippen LogP contribution in [0.4, 0.5) is 13.2 Å². The average Bonchev–Trinajstić information content (AvgIpc) is 2.67. The number of ether oxygens (including phenoxy) is 1. The highest BCUT2D eigenvalue weighted by atomic mass is 19.4. The third-order valence-corrected chi connectivity index (χ3v) is 4.51. The van der Waals surface area contributed by atoms with Gasteiger partial charge in [0.1, 0.15) is 0 Å². The molecular weight excluding hydrogens is 357 g/mol. The van der Waals surface area contributed by atoms with Crippen molar-refractivity contribution in [1.82, 2.24) is 10.2 Å². The number of carbonyl (C=O) groups excluding carboxylic acids is 1. The first-order valence-corrected chi connectivity index (χ1v) is 8.76. The molecule has 0 aromatic heterocycles. The largest absolute Gasteiger partial charge is 0.416 e. The summed E-state index contributed by atoms with van der Waals surface area (Å²) in [7, 11) is 0. The van der Waals surface area contributed by atoms with E-state index in [1.807, 2.05) is 24.3 Å². The monoisotopic (exact) mass is 378 g/mol. The van der Waals surface area contributed by atoms with E-state index in [1.54, 1.807) is 0 Å². The number of benzene rings is 2. The van der Waals surface area contributed by atoms with Crippen molar-refractivity contribution in [2.75, 3.05) is 26.3 Å². The van der Waals surface area contributed by atoms with Crippen molar-refractivity contribution in [3.63, 3.8) is 0 Å². The van der Waals surface area contributed by atoms with Crippen LogP contribution in [0.3, 0.4) is 0 Å². The molecule has 1 aliphatic heterocycles. The molecule has 1 N–H and O–H groups in total. The molecule has 7 heteroatoms. The van der Waals surface area contributed by atoms with Crippen LogP contribution in [0.1, 0.15) is 27.0 Å². The highest BCUT2D eigenvalue weighted by molar-refractivity contribution is 5.94. The molecule has 0 atom stereocenters. The molecule has 27 heavy (non-hydrogen) atoms. The maximum absolute atomic E-state index is 12.8. The van der Waals surface area contributed by atoms with Crippen molar-refractivity contribution in [3.05, 3.63) is 70.8 Å². The van der Waals surface area contributed by atoms with Crippen molar-refractivity contribution in [2.45, 2.75) is 19.3 Å². The molecule has 1 amide bonds. The number of halogens is 3. The predicted octanol–water partition coefficient (Wildman–Crippen LogP) is 3.47. The molecule has 0 radical (unpaired) electrons. The number of morpholine rings is 1. The van der Waals surface area contributed by atoms with Crippen molar-refractivity contribution >= 4 is 5.91 Å². The fraction of sp³-hybridized carbons (Fsp3) is 0.350. The first-order chi connectivity index (χ1) is 12.9. The second-order valence-corrected chi connectivity index (χ2v) is 6.42. The van der Waals surface area contributed by atoms with Crippen molar-refractivity contribution in [3.8, 4) is 0 Å². The molecule has 0 spiro atoms. The Bertz CT molecular complexity index is 787. The Morgan fingerprint density at radius 3 is 2.44 bits per heavy atom. The van der Waals surface area contributed by atoms with E-state index >= 15 is 0 Å². The Morgan fingerprint density at radius 2 is 1.74 bits per heavy atom. The minimum absolute atomic E-state index is 0.00418. The number of carbonyl (C=O) groups is 1. The van der Waals surface area contributed by atoms with Gasteiger partial charge < -0.3 is 10.1 Å². The van der Waals surface area contributed by atoms with E-state index in [0.717, 1.165) is 42.9 Å². The first kappa shape index (κ1) is 19.4.